The van der Waals surface area contributed by atoms with Crippen LogP contribution in [-0.2, 0) is 6.42 Å². The van der Waals surface area contributed by atoms with Crippen molar-refractivity contribution in [2.75, 3.05) is 0 Å². The predicted octanol–water partition coefficient (Wildman–Crippen LogP) is 2.19. The Labute approximate surface area is 84.4 Å². The maximum atomic E-state index is 13.0. The van der Waals surface area contributed by atoms with Crippen LogP contribution in [0.15, 0.2) is 18.5 Å². The van der Waals surface area contributed by atoms with Crippen molar-refractivity contribution in [3.05, 3.63) is 35.0 Å². The van der Waals surface area contributed by atoms with E-state index in [4.69, 9.17) is 16.9 Å². The minimum atomic E-state index is -0.445. The molecule has 0 spiro atoms. The Kier molecular flexibility index (Phi) is 2.10. The Morgan fingerprint density at radius 3 is 3.14 bits per heavy atom. The number of pyridine rings is 1. The van der Waals surface area contributed by atoms with E-state index in [0.29, 0.717) is 11.3 Å². The van der Waals surface area contributed by atoms with E-state index in [1.54, 1.807) is 0 Å². The molecule has 2 aromatic rings. The van der Waals surface area contributed by atoms with Crippen LogP contribution in [0.4, 0.5) is 4.39 Å². The fourth-order valence-corrected chi connectivity index (χ4v) is 1.52. The lowest BCUT2D eigenvalue weighted by molar-refractivity contribution is 0.618. The van der Waals surface area contributed by atoms with Gasteiger partial charge < -0.3 is 0 Å². The van der Waals surface area contributed by atoms with E-state index >= 15 is 0 Å². The zero-order valence-corrected chi connectivity index (χ0v) is 7.79. The normalized spacial score (nSPS) is 10.4. The van der Waals surface area contributed by atoms with Crippen molar-refractivity contribution in [3.63, 3.8) is 0 Å². The minimum absolute atomic E-state index is 0.181. The summed E-state index contributed by atoms with van der Waals surface area (Å²) in [4.78, 5) is 3.99. The molecule has 0 atom stereocenters. The average molecular weight is 210 g/mol. The van der Waals surface area contributed by atoms with Gasteiger partial charge in [-0.1, -0.05) is 11.6 Å². The molecular formula is C9H5ClFN3. The number of fused-ring (bicyclic) bond motifs is 1. The number of hydrogen-bond donors (Lipinski definition) is 0. The maximum Gasteiger partial charge on any atom is 0.155 e. The van der Waals surface area contributed by atoms with Crippen LogP contribution in [0.3, 0.4) is 0 Å². The summed E-state index contributed by atoms with van der Waals surface area (Å²) in [5, 5.41) is 8.76. The van der Waals surface area contributed by atoms with Crippen molar-refractivity contribution < 1.29 is 4.39 Å². The number of rotatable bonds is 1. The van der Waals surface area contributed by atoms with Crippen LogP contribution in [0.2, 0.25) is 5.02 Å². The third kappa shape index (κ3) is 1.32. The number of imidazole rings is 1. The second-order valence-corrected chi connectivity index (χ2v) is 3.19. The Bertz CT molecular complexity index is 527. The summed E-state index contributed by atoms with van der Waals surface area (Å²) in [7, 11) is 0. The van der Waals surface area contributed by atoms with Gasteiger partial charge in [0, 0.05) is 6.20 Å². The zero-order chi connectivity index (χ0) is 10.1. The van der Waals surface area contributed by atoms with Crippen LogP contribution in [-0.4, -0.2) is 9.38 Å². The second-order valence-electron chi connectivity index (χ2n) is 2.78. The Morgan fingerprint density at radius 2 is 2.43 bits per heavy atom. The molecule has 14 heavy (non-hydrogen) atoms. The minimum Gasteiger partial charge on any atom is -0.299 e. The van der Waals surface area contributed by atoms with Gasteiger partial charge in [0.05, 0.1) is 29.4 Å². The van der Waals surface area contributed by atoms with Crippen molar-refractivity contribution in [1.29, 1.82) is 5.26 Å². The van der Waals surface area contributed by atoms with Gasteiger partial charge in [-0.05, 0) is 6.07 Å². The summed E-state index contributed by atoms with van der Waals surface area (Å²) in [5.74, 6) is -0.445. The van der Waals surface area contributed by atoms with Gasteiger partial charge in [-0.3, -0.25) is 4.40 Å². The smallest absolute Gasteiger partial charge is 0.155 e. The first-order valence-electron chi connectivity index (χ1n) is 3.90. The monoisotopic (exact) mass is 209 g/mol. The first-order valence-corrected chi connectivity index (χ1v) is 4.28. The van der Waals surface area contributed by atoms with Crippen molar-refractivity contribution >= 4 is 17.2 Å². The van der Waals surface area contributed by atoms with Gasteiger partial charge in [0.25, 0.3) is 0 Å². The topological polar surface area (TPSA) is 41.1 Å². The zero-order valence-electron chi connectivity index (χ0n) is 7.04. The molecule has 0 aromatic carbocycles. The van der Waals surface area contributed by atoms with Gasteiger partial charge in [0.15, 0.2) is 5.65 Å². The van der Waals surface area contributed by atoms with Crippen molar-refractivity contribution in [1.82, 2.24) is 9.38 Å². The molecule has 2 rings (SSSR count). The predicted molar refractivity (Wildman–Crippen MR) is 49.5 cm³/mol. The van der Waals surface area contributed by atoms with Crippen LogP contribution >= 0.6 is 11.6 Å². The molecule has 0 saturated carbocycles. The number of nitriles is 1. The van der Waals surface area contributed by atoms with Gasteiger partial charge >= 0.3 is 0 Å². The highest BCUT2D eigenvalue weighted by Crippen LogP contribution is 2.18. The molecule has 2 heterocycles. The lowest BCUT2D eigenvalue weighted by Crippen LogP contribution is -1.93. The Morgan fingerprint density at radius 1 is 1.64 bits per heavy atom. The molecule has 0 aliphatic heterocycles. The lowest BCUT2D eigenvalue weighted by atomic mass is 10.3. The largest absolute Gasteiger partial charge is 0.299 e. The third-order valence-electron chi connectivity index (χ3n) is 1.86. The summed E-state index contributed by atoms with van der Waals surface area (Å²) in [6.45, 7) is 0. The Hall–Kier alpha value is -1.60. The SMILES string of the molecule is N#CCc1cnc2c(Cl)cc(F)cn12. The van der Waals surface area contributed by atoms with E-state index in [2.05, 4.69) is 4.98 Å². The third-order valence-corrected chi connectivity index (χ3v) is 2.14. The summed E-state index contributed by atoms with van der Waals surface area (Å²) in [5.41, 5.74) is 1.10. The molecule has 0 amide bonds. The van der Waals surface area contributed by atoms with Crippen LogP contribution in [0.25, 0.3) is 5.65 Å². The highest BCUT2D eigenvalue weighted by Gasteiger charge is 2.07. The van der Waals surface area contributed by atoms with E-state index < -0.39 is 5.82 Å². The van der Waals surface area contributed by atoms with Gasteiger partial charge in [-0.15, -0.1) is 0 Å². The molecule has 0 unspecified atom stereocenters. The van der Waals surface area contributed by atoms with Crippen LogP contribution in [0.5, 0.6) is 0 Å². The maximum absolute atomic E-state index is 13.0. The van der Waals surface area contributed by atoms with E-state index in [1.807, 2.05) is 6.07 Å². The molecular weight excluding hydrogens is 205 g/mol. The van der Waals surface area contributed by atoms with Crippen molar-refractivity contribution in [2.24, 2.45) is 0 Å². The summed E-state index contributed by atoms with van der Waals surface area (Å²) in [6.07, 6.45) is 2.96. The summed E-state index contributed by atoms with van der Waals surface area (Å²) in [6, 6.07) is 3.17. The van der Waals surface area contributed by atoms with Gasteiger partial charge in [-0.25, -0.2) is 9.37 Å². The molecule has 5 heteroatoms. The van der Waals surface area contributed by atoms with Crippen LogP contribution in [0, 0.1) is 17.1 Å². The van der Waals surface area contributed by atoms with Gasteiger partial charge in [0.2, 0.25) is 0 Å². The average Bonchev–Trinajstić information content (AvgIpc) is 2.49. The standard InChI is InChI=1S/C9H5ClFN3/c10-8-3-6(11)5-14-7(1-2-12)4-13-9(8)14/h3-5H,1H2. The first kappa shape index (κ1) is 8.97. The fraction of sp³-hybridized carbons (Fsp3) is 0.111. The lowest BCUT2D eigenvalue weighted by Gasteiger charge is -1.99. The van der Waals surface area contributed by atoms with E-state index in [1.165, 1.54) is 22.9 Å². The van der Waals surface area contributed by atoms with Crippen LogP contribution < -0.4 is 0 Å². The fourth-order valence-electron chi connectivity index (χ4n) is 1.27. The second kappa shape index (κ2) is 3.28. The number of halogens is 2. The van der Waals surface area contributed by atoms with Gasteiger partial charge in [0.1, 0.15) is 5.82 Å². The molecule has 0 bridgehead atoms. The molecule has 2 aromatic heterocycles. The molecule has 70 valence electrons. The number of hydrogen-bond acceptors (Lipinski definition) is 2. The first-order chi connectivity index (χ1) is 6.72. The summed E-state index contributed by atoms with van der Waals surface area (Å²) < 4.78 is 14.5. The molecule has 0 N–H and O–H groups in total. The molecule has 0 aliphatic rings. The van der Waals surface area contributed by atoms with E-state index in [-0.39, 0.29) is 11.4 Å². The van der Waals surface area contributed by atoms with E-state index in [9.17, 15) is 4.39 Å². The highest BCUT2D eigenvalue weighted by atomic mass is 35.5. The summed E-state index contributed by atoms with van der Waals surface area (Å²) >= 11 is 5.77. The van der Waals surface area contributed by atoms with Crippen molar-refractivity contribution in [2.45, 2.75) is 6.42 Å². The number of aromatic nitrogens is 2. The van der Waals surface area contributed by atoms with Crippen LogP contribution in [0.1, 0.15) is 5.69 Å². The Balaban J connectivity index is 2.73. The molecule has 3 nitrogen and oxygen atoms in total. The van der Waals surface area contributed by atoms with Gasteiger partial charge in [-0.2, -0.15) is 5.26 Å². The quantitative estimate of drug-likeness (QED) is 0.723. The molecule has 0 fully saturated rings. The molecule has 0 radical (unpaired) electrons. The van der Waals surface area contributed by atoms with E-state index in [0.717, 1.165) is 0 Å². The number of nitrogens with zero attached hydrogens (tertiary/aromatic N) is 3. The highest BCUT2D eigenvalue weighted by molar-refractivity contribution is 6.33. The van der Waals surface area contributed by atoms with Crippen molar-refractivity contribution in [3.8, 4) is 6.07 Å². The molecule has 0 saturated heterocycles. The molecule has 0 aliphatic carbocycles.